The zero-order chi connectivity index (χ0) is 15.4. The summed E-state index contributed by atoms with van der Waals surface area (Å²) < 4.78 is 6.12. The summed E-state index contributed by atoms with van der Waals surface area (Å²) in [6, 6.07) is 0.351. The molecule has 0 aromatic carbocycles. The van der Waals surface area contributed by atoms with Crippen molar-refractivity contribution in [2.24, 2.45) is 5.73 Å². The average Bonchev–Trinajstić information content (AvgIpc) is 3.23. The molecule has 0 unspecified atom stereocenters. The van der Waals surface area contributed by atoms with Gasteiger partial charge in [-0.15, -0.1) is 5.10 Å². The Balaban J connectivity index is 2.16. The van der Waals surface area contributed by atoms with Crippen molar-refractivity contribution in [1.82, 2.24) is 19.9 Å². The molecule has 2 N–H and O–H groups in total. The molecule has 0 radical (unpaired) electrons. The van der Waals surface area contributed by atoms with Gasteiger partial charge >= 0.3 is 5.97 Å². The number of methoxy groups -OCH3 is 1. The van der Waals surface area contributed by atoms with Crippen molar-refractivity contribution >= 4 is 11.9 Å². The Morgan fingerprint density at radius 3 is 2.71 bits per heavy atom. The number of likely N-dealkylation sites (N-methyl/N-ethyl adjacent to an activating group) is 1. The number of hydrogen-bond donors (Lipinski definition) is 1. The van der Waals surface area contributed by atoms with E-state index in [9.17, 15) is 9.59 Å². The van der Waals surface area contributed by atoms with Crippen molar-refractivity contribution < 1.29 is 14.3 Å². The van der Waals surface area contributed by atoms with Gasteiger partial charge in [-0.25, -0.2) is 9.48 Å². The van der Waals surface area contributed by atoms with Crippen LogP contribution in [0.4, 0.5) is 0 Å². The van der Waals surface area contributed by atoms with Gasteiger partial charge in [-0.2, -0.15) is 0 Å². The number of amides is 1. The number of carbonyl (C=O) groups excluding carboxylic acids is 2. The van der Waals surface area contributed by atoms with Crippen LogP contribution in [0.25, 0.3) is 0 Å². The highest BCUT2D eigenvalue weighted by atomic mass is 16.5. The lowest BCUT2D eigenvalue weighted by molar-refractivity contribution is -0.132. The molecule has 116 valence electrons. The Hall–Kier alpha value is -1.96. The zero-order valence-electron chi connectivity index (χ0n) is 12.4. The van der Waals surface area contributed by atoms with Gasteiger partial charge in [0, 0.05) is 19.0 Å². The summed E-state index contributed by atoms with van der Waals surface area (Å²) in [4.78, 5) is 25.8. The standard InChI is InChI=1S/C13H21N5O3/c1-3-17(9-4-5-9)11(19)8-18-10(6-7-14)12(15-16-18)13(20)21-2/h9H,3-8,14H2,1-2H3. The third-order valence-corrected chi connectivity index (χ3v) is 3.53. The maximum absolute atomic E-state index is 12.3. The number of nitrogens with two attached hydrogens (primary N) is 1. The molecule has 1 fully saturated rings. The van der Waals surface area contributed by atoms with Gasteiger partial charge in [-0.05, 0) is 26.3 Å². The monoisotopic (exact) mass is 295 g/mol. The molecule has 1 amide bonds. The quantitative estimate of drug-likeness (QED) is 0.685. The van der Waals surface area contributed by atoms with Crippen molar-refractivity contribution in [2.45, 2.75) is 38.8 Å². The molecule has 21 heavy (non-hydrogen) atoms. The fourth-order valence-electron chi connectivity index (χ4n) is 2.34. The molecule has 1 aliphatic carbocycles. The zero-order valence-corrected chi connectivity index (χ0v) is 12.4. The lowest BCUT2D eigenvalue weighted by Crippen LogP contribution is -2.36. The highest BCUT2D eigenvalue weighted by Crippen LogP contribution is 2.26. The molecule has 1 saturated carbocycles. The van der Waals surface area contributed by atoms with E-state index in [-0.39, 0.29) is 18.1 Å². The van der Waals surface area contributed by atoms with E-state index in [2.05, 4.69) is 15.0 Å². The molecule has 1 aromatic rings. The molecule has 0 saturated heterocycles. The summed E-state index contributed by atoms with van der Waals surface area (Å²) in [5.41, 5.74) is 6.23. The number of aromatic nitrogens is 3. The summed E-state index contributed by atoms with van der Waals surface area (Å²) in [7, 11) is 1.28. The van der Waals surface area contributed by atoms with Crippen LogP contribution in [-0.2, 0) is 22.5 Å². The fourth-order valence-corrected chi connectivity index (χ4v) is 2.34. The van der Waals surface area contributed by atoms with Crippen molar-refractivity contribution in [1.29, 1.82) is 0 Å². The molecular weight excluding hydrogens is 274 g/mol. The highest BCUT2D eigenvalue weighted by molar-refractivity contribution is 5.88. The van der Waals surface area contributed by atoms with Crippen molar-refractivity contribution in [3.63, 3.8) is 0 Å². The van der Waals surface area contributed by atoms with Gasteiger partial charge in [0.2, 0.25) is 5.91 Å². The highest BCUT2D eigenvalue weighted by Gasteiger charge is 2.32. The Morgan fingerprint density at radius 1 is 1.48 bits per heavy atom. The van der Waals surface area contributed by atoms with Gasteiger partial charge in [0.15, 0.2) is 5.69 Å². The van der Waals surface area contributed by atoms with Crippen molar-refractivity contribution in [3.8, 4) is 0 Å². The molecular formula is C13H21N5O3. The van der Waals surface area contributed by atoms with Crippen LogP contribution >= 0.6 is 0 Å². The summed E-state index contributed by atoms with van der Waals surface area (Å²) in [5.74, 6) is -0.578. The predicted octanol–water partition coefficient (Wildman–Crippen LogP) is -0.423. The second-order valence-electron chi connectivity index (χ2n) is 4.98. The lowest BCUT2D eigenvalue weighted by Gasteiger charge is -2.20. The number of nitrogens with zero attached hydrogens (tertiary/aromatic N) is 4. The minimum atomic E-state index is -0.563. The van der Waals surface area contributed by atoms with Crippen LogP contribution < -0.4 is 5.73 Å². The van der Waals surface area contributed by atoms with Gasteiger partial charge in [-0.1, -0.05) is 5.21 Å². The maximum Gasteiger partial charge on any atom is 0.360 e. The molecule has 1 heterocycles. The lowest BCUT2D eigenvalue weighted by atomic mass is 10.2. The third kappa shape index (κ3) is 3.38. The van der Waals surface area contributed by atoms with E-state index in [4.69, 9.17) is 5.73 Å². The first kappa shape index (κ1) is 15.4. The SMILES string of the molecule is CCN(C(=O)Cn1nnc(C(=O)OC)c1CCN)C1CC1. The van der Waals surface area contributed by atoms with E-state index in [1.165, 1.54) is 11.8 Å². The third-order valence-electron chi connectivity index (χ3n) is 3.53. The van der Waals surface area contributed by atoms with Crippen LogP contribution in [0, 0.1) is 0 Å². The summed E-state index contributed by atoms with van der Waals surface area (Å²) in [6.07, 6.45) is 2.53. The Labute approximate surface area is 123 Å². The van der Waals surface area contributed by atoms with Gasteiger partial charge in [-0.3, -0.25) is 4.79 Å². The predicted molar refractivity (Wildman–Crippen MR) is 74.5 cm³/mol. The Bertz CT molecular complexity index is 524. The van der Waals surface area contributed by atoms with E-state index in [1.807, 2.05) is 11.8 Å². The molecule has 2 rings (SSSR count). The van der Waals surface area contributed by atoms with Gasteiger partial charge in [0.1, 0.15) is 6.54 Å². The number of esters is 1. The second kappa shape index (κ2) is 6.66. The van der Waals surface area contributed by atoms with E-state index in [0.717, 1.165) is 12.8 Å². The Kier molecular flexibility index (Phi) is 4.89. The van der Waals surface area contributed by atoms with Crippen LogP contribution in [0.1, 0.15) is 35.9 Å². The van der Waals surface area contributed by atoms with Crippen LogP contribution in [-0.4, -0.2) is 58.0 Å². The first-order valence-corrected chi connectivity index (χ1v) is 7.12. The number of rotatable bonds is 7. The number of ether oxygens (including phenoxy) is 1. The maximum atomic E-state index is 12.3. The molecule has 1 aliphatic rings. The minimum absolute atomic E-state index is 0.0143. The molecule has 8 nitrogen and oxygen atoms in total. The van der Waals surface area contributed by atoms with Gasteiger partial charge < -0.3 is 15.4 Å². The van der Waals surface area contributed by atoms with Crippen LogP contribution in [0.3, 0.4) is 0 Å². The Morgan fingerprint density at radius 2 is 2.19 bits per heavy atom. The smallest absolute Gasteiger partial charge is 0.360 e. The first-order chi connectivity index (χ1) is 10.1. The van der Waals surface area contributed by atoms with Crippen molar-refractivity contribution in [2.75, 3.05) is 20.2 Å². The second-order valence-corrected chi connectivity index (χ2v) is 4.98. The normalized spacial score (nSPS) is 14.0. The van der Waals surface area contributed by atoms with Crippen LogP contribution in [0.5, 0.6) is 0 Å². The van der Waals surface area contributed by atoms with E-state index < -0.39 is 5.97 Å². The number of carbonyl (C=O) groups is 2. The van der Waals surface area contributed by atoms with E-state index >= 15 is 0 Å². The van der Waals surface area contributed by atoms with E-state index in [0.29, 0.717) is 31.2 Å². The minimum Gasteiger partial charge on any atom is -0.464 e. The fraction of sp³-hybridized carbons (Fsp3) is 0.692. The molecule has 0 spiro atoms. The topological polar surface area (TPSA) is 103 Å². The average molecular weight is 295 g/mol. The van der Waals surface area contributed by atoms with Gasteiger partial charge in [0.25, 0.3) is 0 Å². The summed E-state index contributed by atoms with van der Waals surface area (Å²) >= 11 is 0. The van der Waals surface area contributed by atoms with Crippen LogP contribution in [0.2, 0.25) is 0 Å². The molecule has 0 atom stereocenters. The van der Waals surface area contributed by atoms with Gasteiger partial charge in [0.05, 0.1) is 12.8 Å². The summed E-state index contributed by atoms with van der Waals surface area (Å²) in [6.45, 7) is 3.04. The summed E-state index contributed by atoms with van der Waals surface area (Å²) in [5, 5.41) is 7.72. The largest absolute Gasteiger partial charge is 0.464 e. The molecule has 8 heteroatoms. The molecule has 1 aromatic heterocycles. The van der Waals surface area contributed by atoms with Crippen LogP contribution in [0.15, 0.2) is 0 Å². The first-order valence-electron chi connectivity index (χ1n) is 7.12. The van der Waals surface area contributed by atoms with E-state index in [1.54, 1.807) is 0 Å². The molecule has 0 aliphatic heterocycles. The van der Waals surface area contributed by atoms with Crippen molar-refractivity contribution in [3.05, 3.63) is 11.4 Å². The number of hydrogen-bond acceptors (Lipinski definition) is 6. The molecule has 0 bridgehead atoms.